The topological polar surface area (TPSA) is 0 Å². The van der Waals surface area contributed by atoms with Gasteiger partial charge in [0.2, 0.25) is 0 Å². The summed E-state index contributed by atoms with van der Waals surface area (Å²) in [7, 11) is 0. The minimum absolute atomic E-state index is 0.752. The summed E-state index contributed by atoms with van der Waals surface area (Å²) in [6.07, 6.45) is 0. The quantitative estimate of drug-likeness (QED) is 0.261. The van der Waals surface area contributed by atoms with Crippen LogP contribution in [0.2, 0.25) is 5.02 Å². The summed E-state index contributed by atoms with van der Waals surface area (Å²) in [5, 5.41) is 8.05. The zero-order chi connectivity index (χ0) is 14.6. The van der Waals surface area contributed by atoms with Gasteiger partial charge in [0.15, 0.2) is 0 Å². The van der Waals surface area contributed by atoms with E-state index in [0.29, 0.717) is 0 Å². The second-order valence-electron chi connectivity index (χ2n) is 5.05. The first-order valence-electron chi connectivity index (χ1n) is 6.54. The van der Waals surface area contributed by atoms with E-state index in [1.165, 1.54) is 26.9 Å². The van der Waals surface area contributed by atoms with E-state index in [2.05, 4.69) is 74.3 Å². The molecule has 102 valence electrons. The van der Waals surface area contributed by atoms with E-state index < -0.39 is 0 Å². The van der Waals surface area contributed by atoms with Crippen molar-refractivity contribution in [2.45, 2.75) is 0 Å². The normalized spacial score (nSPS) is 11.6. The molecule has 0 aliphatic carbocycles. The molecule has 0 aromatic heterocycles. The highest BCUT2D eigenvalue weighted by Gasteiger charge is 2.10. The maximum Gasteiger partial charge on any atom is 0.0412 e. The summed E-state index contributed by atoms with van der Waals surface area (Å²) in [4.78, 5) is 0. The Morgan fingerprint density at radius 2 is 1.14 bits per heavy atom. The molecule has 0 spiro atoms. The van der Waals surface area contributed by atoms with Gasteiger partial charge in [-0.15, -0.1) is 0 Å². The number of halogens is 3. The Morgan fingerprint density at radius 1 is 0.571 bits per heavy atom. The molecule has 0 nitrogen and oxygen atoms in total. The van der Waals surface area contributed by atoms with Crippen molar-refractivity contribution in [3.8, 4) is 0 Å². The molecular weight excluding hydrogens is 411 g/mol. The van der Waals surface area contributed by atoms with Gasteiger partial charge in [0.1, 0.15) is 0 Å². The lowest BCUT2D eigenvalue weighted by molar-refractivity contribution is 1.73. The van der Waals surface area contributed by atoms with Crippen molar-refractivity contribution in [3.05, 3.63) is 68.6 Å². The molecule has 0 radical (unpaired) electrons. The molecule has 0 amide bonds. The Morgan fingerprint density at radius 3 is 1.86 bits per heavy atom. The number of fused-ring (bicyclic) bond motifs is 5. The summed E-state index contributed by atoms with van der Waals surface area (Å²) in [5.74, 6) is 0. The average Bonchev–Trinajstić information content (AvgIpc) is 2.49. The van der Waals surface area contributed by atoms with Gasteiger partial charge in [-0.05, 0) is 56.6 Å². The van der Waals surface area contributed by atoms with Crippen LogP contribution < -0.4 is 0 Å². The van der Waals surface area contributed by atoms with Crippen LogP contribution in [0.5, 0.6) is 0 Å². The number of rotatable bonds is 0. The van der Waals surface area contributed by atoms with E-state index in [9.17, 15) is 0 Å². The smallest absolute Gasteiger partial charge is 0.0412 e. The molecule has 0 heterocycles. The van der Waals surface area contributed by atoms with Crippen molar-refractivity contribution in [2.75, 3.05) is 0 Å². The second-order valence-corrected chi connectivity index (χ2v) is 7.19. The molecule has 0 saturated heterocycles. The summed E-state index contributed by atoms with van der Waals surface area (Å²) in [6, 6.07) is 18.9. The minimum Gasteiger partial charge on any atom is -0.0843 e. The third-order valence-corrected chi connectivity index (χ3v) is 5.38. The SMILES string of the molecule is Clc1ccc2c(c1)c(Br)cc1c3ccccc3c(Br)cc21. The van der Waals surface area contributed by atoms with Crippen LogP contribution >= 0.6 is 43.5 Å². The maximum atomic E-state index is 6.14. The van der Waals surface area contributed by atoms with Gasteiger partial charge in [0.05, 0.1) is 0 Å². The first kappa shape index (κ1) is 13.6. The monoisotopic (exact) mass is 418 g/mol. The van der Waals surface area contributed by atoms with Gasteiger partial charge in [0, 0.05) is 14.0 Å². The summed E-state index contributed by atoms with van der Waals surface area (Å²) < 4.78 is 2.18. The Hall–Kier alpha value is -1.09. The van der Waals surface area contributed by atoms with E-state index in [1.807, 2.05) is 12.1 Å². The molecule has 3 heteroatoms. The fourth-order valence-electron chi connectivity index (χ4n) is 2.89. The fraction of sp³-hybridized carbons (Fsp3) is 0. The Bertz CT molecular complexity index is 1020. The third-order valence-electron chi connectivity index (χ3n) is 3.84. The van der Waals surface area contributed by atoms with E-state index >= 15 is 0 Å². The molecule has 0 unspecified atom stereocenters. The van der Waals surface area contributed by atoms with E-state index in [-0.39, 0.29) is 0 Å². The number of hydrogen-bond donors (Lipinski definition) is 0. The van der Waals surface area contributed by atoms with Crippen molar-refractivity contribution in [1.82, 2.24) is 0 Å². The van der Waals surface area contributed by atoms with Crippen molar-refractivity contribution < 1.29 is 0 Å². The van der Waals surface area contributed by atoms with Gasteiger partial charge in [-0.2, -0.15) is 0 Å². The van der Waals surface area contributed by atoms with Crippen molar-refractivity contribution in [3.63, 3.8) is 0 Å². The molecule has 0 bridgehead atoms. The van der Waals surface area contributed by atoms with Crippen LogP contribution in [0, 0.1) is 0 Å². The largest absolute Gasteiger partial charge is 0.0843 e. The van der Waals surface area contributed by atoms with Crippen molar-refractivity contribution in [2.24, 2.45) is 0 Å². The van der Waals surface area contributed by atoms with Gasteiger partial charge < -0.3 is 0 Å². The fourth-order valence-corrected chi connectivity index (χ4v) is 4.19. The zero-order valence-corrected chi connectivity index (χ0v) is 14.8. The molecule has 21 heavy (non-hydrogen) atoms. The molecule has 0 aliphatic rings. The first-order chi connectivity index (χ1) is 10.1. The average molecular weight is 421 g/mol. The lowest BCUT2D eigenvalue weighted by Gasteiger charge is -2.11. The molecule has 0 saturated carbocycles. The predicted molar refractivity (Wildman–Crippen MR) is 99.4 cm³/mol. The molecule has 0 aliphatic heterocycles. The third kappa shape index (κ3) is 2.09. The van der Waals surface area contributed by atoms with Crippen LogP contribution in [0.1, 0.15) is 0 Å². The van der Waals surface area contributed by atoms with Crippen LogP contribution in [0.3, 0.4) is 0 Å². The minimum atomic E-state index is 0.752. The molecule has 4 rings (SSSR count). The molecule has 4 aromatic rings. The lowest BCUT2D eigenvalue weighted by Crippen LogP contribution is -1.84. The summed E-state index contributed by atoms with van der Waals surface area (Å²) in [5.41, 5.74) is 0. The van der Waals surface area contributed by atoms with E-state index in [1.54, 1.807) is 0 Å². The van der Waals surface area contributed by atoms with Gasteiger partial charge in [-0.1, -0.05) is 73.8 Å². The zero-order valence-electron chi connectivity index (χ0n) is 10.8. The number of hydrogen-bond acceptors (Lipinski definition) is 0. The standard InChI is InChI=1S/C18H9Br2Cl/c19-17-8-15-12-6-5-10(21)7-16(12)18(20)9-14(15)11-3-1-2-4-13(11)17/h1-9H. The van der Waals surface area contributed by atoms with Crippen molar-refractivity contribution >= 4 is 75.8 Å². The van der Waals surface area contributed by atoms with Crippen molar-refractivity contribution in [1.29, 1.82) is 0 Å². The van der Waals surface area contributed by atoms with E-state index in [4.69, 9.17) is 11.6 Å². The van der Waals surface area contributed by atoms with Gasteiger partial charge in [-0.3, -0.25) is 0 Å². The number of benzene rings is 4. The van der Waals surface area contributed by atoms with Gasteiger partial charge >= 0.3 is 0 Å². The van der Waals surface area contributed by atoms with Crippen LogP contribution in [0.15, 0.2) is 63.5 Å². The highest BCUT2D eigenvalue weighted by atomic mass is 79.9. The first-order valence-corrected chi connectivity index (χ1v) is 8.50. The molecule has 0 atom stereocenters. The molecular formula is C18H9Br2Cl. The molecule has 0 N–H and O–H groups in total. The lowest BCUT2D eigenvalue weighted by atomic mass is 9.97. The van der Waals surface area contributed by atoms with Crippen LogP contribution in [-0.4, -0.2) is 0 Å². The summed E-state index contributed by atoms with van der Waals surface area (Å²) >= 11 is 13.5. The van der Waals surface area contributed by atoms with Crippen LogP contribution in [0.4, 0.5) is 0 Å². The Balaban J connectivity index is 2.33. The van der Waals surface area contributed by atoms with E-state index in [0.717, 1.165) is 19.4 Å². The maximum absolute atomic E-state index is 6.14. The predicted octanol–water partition coefficient (Wildman–Crippen LogP) is 7.32. The second kappa shape index (κ2) is 4.98. The van der Waals surface area contributed by atoms with Gasteiger partial charge in [0.25, 0.3) is 0 Å². The highest BCUT2D eigenvalue weighted by molar-refractivity contribution is 9.11. The summed E-state index contributed by atoms with van der Waals surface area (Å²) in [6.45, 7) is 0. The Kier molecular flexibility index (Phi) is 3.21. The Labute approximate surface area is 144 Å². The van der Waals surface area contributed by atoms with Crippen LogP contribution in [0.25, 0.3) is 32.3 Å². The van der Waals surface area contributed by atoms with Gasteiger partial charge in [-0.25, -0.2) is 0 Å². The van der Waals surface area contributed by atoms with Crippen LogP contribution in [-0.2, 0) is 0 Å². The molecule has 0 fully saturated rings. The molecule has 4 aromatic carbocycles. The highest BCUT2D eigenvalue weighted by Crippen LogP contribution is 2.39.